The molecule has 86 valence electrons. The molecule has 1 aromatic carbocycles. The Kier molecular flexibility index (Phi) is 4.65. The molecule has 2 atom stereocenters. The van der Waals surface area contributed by atoms with Crippen molar-refractivity contribution < 1.29 is 5.11 Å². The molecule has 0 saturated heterocycles. The van der Waals surface area contributed by atoms with Crippen molar-refractivity contribution in [3.63, 3.8) is 0 Å². The summed E-state index contributed by atoms with van der Waals surface area (Å²) in [5, 5.41) is 10.1. The van der Waals surface area contributed by atoms with Gasteiger partial charge in [0.05, 0.1) is 0 Å². The van der Waals surface area contributed by atoms with Gasteiger partial charge in [0.1, 0.15) is 0 Å². The molecule has 2 unspecified atom stereocenters. The molecule has 2 rings (SSSR count). The molecule has 0 amide bonds. The summed E-state index contributed by atoms with van der Waals surface area (Å²) in [6.07, 6.45) is 8.57. The van der Waals surface area contributed by atoms with Crippen molar-refractivity contribution in [3.8, 4) is 0 Å². The second-order valence-electron chi connectivity index (χ2n) is 4.16. The fraction of sp³-hybridized carbons (Fsp3) is 0.429. The van der Waals surface area contributed by atoms with Crippen LogP contribution in [0.2, 0.25) is 4.82 Å². The van der Waals surface area contributed by atoms with Gasteiger partial charge in [-0.05, 0) is 0 Å². The van der Waals surface area contributed by atoms with Crippen molar-refractivity contribution in [3.05, 3.63) is 42.5 Å². The number of hydrogen-bond donors (Lipinski definition) is 1. The first-order chi connectivity index (χ1) is 7.86. The molecule has 0 bridgehead atoms. The van der Waals surface area contributed by atoms with Gasteiger partial charge in [-0.1, -0.05) is 0 Å². The van der Waals surface area contributed by atoms with Gasteiger partial charge >= 0.3 is 104 Å². The van der Waals surface area contributed by atoms with E-state index in [0.717, 1.165) is 25.7 Å². The van der Waals surface area contributed by atoms with Crippen molar-refractivity contribution in [2.24, 2.45) is 0 Å². The molecule has 1 aliphatic rings. The zero-order chi connectivity index (χ0) is 11.2. The van der Waals surface area contributed by atoms with E-state index in [1.54, 1.807) is 0 Å². The first-order valence-electron chi connectivity index (χ1n) is 5.91. The van der Waals surface area contributed by atoms with Gasteiger partial charge in [-0.3, -0.25) is 0 Å². The van der Waals surface area contributed by atoms with Gasteiger partial charge in [0.15, 0.2) is 0 Å². The second kappa shape index (κ2) is 6.24. The molecule has 16 heavy (non-hydrogen) atoms. The van der Waals surface area contributed by atoms with E-state index in [1.807, 2.05) is 0 Å². The summed E-state index contributed by atoms with van der Waals surface area (Å²) >= 11 is 0.409. The zero-order valence-electron chi connectivity index (χ0n) is 9.38. The standard InChI is InChI=1S/C14H18OSe/c15-13-10-6-1-2-7-11-14(13)16-12-8-4-3-5-9-12/h1-5,8-9,13-15H,6-7,10-11H2/b2-1-. The van der Waals surface area contributed by atoms with Crippen LogP contribution >= 0.6 is 0 Å². The monoisotopic (exact) mass is 282 g/mol. The Morgan fingerprint density at radius 3 is 2.44 bits per heavy atom. The summed E-state index contributed by atoms with van der Waals surface area (Å²) in [6, 6.07) is 10.6. The van der Waals surface area contributed by atoms with Crippen LogP contribution in [0.15, 0.2) is 42.5 Å². The van der Waals surface area contributed by atoms with Crippen molar-refractivity contribution in [2.45, 2.75) is 36.6 Å². The Hall–Kier alpha value is -0.561. The Balaban J connectivity index is 1.99. The van der Waals surface area contributed by atoms with E-state index in [-0.39, 0.29) is 6.10 Å². The van der Waals surface area contributed by atoms with E-state index in [1.165, 1.54) is 4.46 Å². The van der Waals surface area contributed by atoms with Gasteiger partial charge in [-0.15, -0.1) is 0 Å². The van der Waals surface area contributed by atoms with Crippen LogP contribution in [-0.4, -0.2) is 26.2 Å². The molecule has 0 radical (unpaired) electrons. The number of allylic oxidation sites excluding steroid dienone is 2. The van der Waals surface area contributed by atoms with Crippen molar-refractivity contribution in [1.29, 1.82) is 0 Å². The van der Waals surface area contributed by atoms with Gasteiger partial charge in [0.2, 0.25) is 0 Å². The Morgan fingerprint density at radius 2 is 1.69 bits per heavy atom. The molecule has 0 aromatic heterocycles. The van der Waals surface area contributed by atoms with Crippen molar-refractivity contribution in [2.75, 3.05) is 0 Å². The second-order valence-corrected chi connectivity index (χ2v) is 6.92. The average Bonchev–Trinajstić information content (AvgIpc) is 2.30. The molecule has 0 fully saturated rings. The molecule has 1 nitrogen and oxygen atoms in total. The summed E-state index contributed by atoms with van der Waals surface area (Å²) in [5.74, 6) is 0. The van der Waals surface area contributed by atoms with Crippen molar-refractivity contribution in [1.82, 2.24) is 0 Å². The quantitative estimate of drug-likeness (QED) is 0.651. The van der Waals surface area contributed by atoms with Gasteiger partial charge in [0.25, 0.3) is 0 Å². The molecule has 0 aliphatic heterocycles. The molecule has 1 N–H and O–H groups in total. The Morgan fingerprint density at radius 1 is 1.00 bits per heavy atom. The number of hydrogen-bond acceptors (Lipinski definition) is 1. The predicted molar refractivity (Wildman–Crippen MR) is 69.2 cm³/mol. The SMILES string of the molecule is OC1CC/C=C\CCC1[Se]c1ccccc1. The van der Waals surface area contributed by atoms with E-state index in [0.29, 0.717) is 19.8 Å². The Labute approximate surface area is 104 Å². The first kappa shape index (κ1) is 11.9. The first-order valence-corrected chi connectivity index (χ1v) is 7.75. The van der Waals surface area contributed by atoms with Crippen LogP contribution in [-0.2, 0) is 0 Å². The number of benzene rings is 1. The van der Waals surface area contributed by atoms with E-state index in [4.69, 9.17) is 0 Å². The minimum atomic E-state index is -0.106. The van der Waals surface area contributed by atoms with Crippen LogP contribution < -0.4 is 4.46 Å². The molecule has 1 aromatic rings. The fourth-order valence-electron chi connectivity index (χ4n) is 1.95. The van der Waals surface area contributed by atoms with Crippen molar-refractivity contribution >= 4 is 19.4 Å². The molecule has 0 heterocycles. The number of rotatable bonds is 2. The van der Waals surface area contributed by atoms with Crippen LogP contribution in [0.25, 0.3) is 0 Å². The van der Waals surface area contributed by atoms with Gasteiger partial charge in [-0.25, -0.2) is 0 Å². The predicted octanol–water partition coefficient (Wildman–Crippen LogP) is 2.30. The average molecular weight is 281 g/mol. The molecule has 2 heteroatoms. The van der Waals surface area contributed by atoms with E-state index in [2.05, 4.69) is 42.5 Å². The minimum absolute atomic E-state index is 0.106. The van der Waals surface area contributed by atoms with Crippen LogP contribution in [0.5, 0.6) is 0 Å². The summed E-state index contributed by atoms with van der Waals surface area (Å²) in [5.41, 5.74) is 0. The molecular formula is C14H18OSe. The molecular weight excluding hydrogens is 263 g/mol. The normalized spacial score (nSPS) is 28.1. The number of aliphatic hydroxyl groups is 1. The van der Waals surface area contributed by atoms with E-state index < -0.39 is 0 Å². The summed E-state index contributed by atoms with van der Waals surface area (Å²) < 4.78 is 1.41. The van der Waals surface area contributed by atoms with E-state index >= 15 is 0 Å². The summed E-state index contributed by atoms with van der Waals surface area (Å²) in [4.78, 5) is 0.486. The zero-order valence-corrected chi connectivity index (χ0v) is 11.1. The van der Waals surface area contributed by atoms with Crippen LogP contribution in [0.4, 0.5) is 0 Å². The summed E-state index contributed by atoms with van der Waals surface area (Å²) in [7, 11) is 0. The maximum atomic E-state index is 10.1. The third-order valence-corrected chi connectivity index (χ3v) is 5.80. The third-order valence-electron chi connectivity index (χ3n) is 2.87. The van der Waals surface area contributed by atoms with Crippen LogP contribution in [0, 0.1) is 0 Å². The van der Waals surface area contributed by atoms with Gasteiger partial charge in [-0.2, -0.15) is 0 Å². The summed E-state index contributed by atoms with van der Waals surface area (Å²) in [6.45, 7) is 0. The van der Waals surface area contributed by atoms with Crippen LogP contribution in [0.3, 0.4) is 0 Å². The Bertz CT molecular complexity index is 334. The maximum absolute atomic E-state index is 10.1. The van der Waals surface area contributed by atoms with Gasteiger partial charge in [0, 0.05) is 0 Å². The molecule has 0 saturated carbocycles. The van der Waals surface area contributed by atoms with E-state index in [9.17, 15) is 5.11 Å². The van der Waals surface area contributed by atoms with Gasteiger partial charge < -0.3 is 0 Å². The molecule has 1 aliphatic carbocycles. The topological polar surface area (TPSA) is 20.2 Å². The van der Waals surface area contributed by atoms with Crippen LogP contribution in [0.1, 0.15) is 25.7 Å². The molecule has 0 spiro atoms. The third kappa shape index (κ3) is 3.48. The number of aliphatic hydroxyl groups excluding tert-OH is 1. The fourth-order valence-corrected chi connectivity index (χ4v) is 4.49.